The normalized spacial score (nSPS) is 12.8. The van der Waals surface area contributed by atoms with Crippen molar-refractivity contribution in [2.75, 3.05) is 13.2 Å². The van der Waals surface area contributed by atoms with Crippen LogP contribution < -0.4 is 0 Å². The Morgan fingerprint density at radius 2 is 0.603 bits per heavy atom. The van der Waals surface area contributed by atoms with Gasteiger partial charge in [0.1, 0.15) is 13.2 Å². The zero-order valence-electron chi connectivity index (χ0n) is 44.3. The molecule has 6 heteroatoms. The van der Waals surface area contributed by atoms with Gasteiger partial charge < -0.3 is 14.2 Å². The first kappa shape index (κ1) is 64.3. The highest BCUT2D eigenvalue weighted by Crippen LogP contribution is 2.16. The number of hydrogen-bond donors (Lipinski definition) is 0. The molecule has 6 nitrogen and oxygen atoms in total. The number of carbonyl (C=O) groups excluding carboxylic acids is 3. The average Bonchev–Trinajstić information content (AvgIpc) is 3.34. The van der Waals surface area contributed by atoms with E-state index in [9.17, 15) is 14.4 Å². The summed E-state index contributed by atoms with van der Waals surface area (Å²) >= 11 is 0. The maximum Gasteiger partial charge on any atom is 0.306 e. The van der Waals surface area contributed by atoms with Crippen LogP contribution in [0, 0.1) is 0 Å². The average molecular weight is 946 g/mol. The highest BCUT2D eigenvalue weighted by molar-refractivity contribution is 5.71. The van der Waals surface area contributed by atoms with E-state index in [4.69, 9.17) is 14.2 Å². The Kier molecular flexibility index (Phi) is 52.9. The predicted octanol–water partition coefficient (Wildman–Crippen LogP) is 18.9. The first-order valence-corrected chi connectivity index (χ1v) is 28.2. The lowest BCUT2D eigenvalue weighted by Gasteiger charge is -2.18. The maximum atomic E-state index is 12.8. The monoisotopic (exact) mass is 945 g/mol. The molecule has 0 aromatic rings. The zero-order chi connectivity index (χ0) is 49.3. The highest BCUT2D eigenvalue weighted by Gasteiger charge is 2.19. The van der Waals surface area contributed by atoms with E-state index >= 15 is 0 Å². The van der Waals surface area contributed by atoms with Gasteiger partial charge in [0.05, 0.1) is 0 Å². The van der Waals surface area contributed by atoms with Crippen LogP contribution in [0.5, 0.6) is 0 Å². The van der Waals surface area contributed by atoms with Gasteiger partial charge in [0, 0.05) is 19.3 Å². The van der Waals surface area contributed by atoms with E-state index in [0.717, 1.165) is 103 Å². The van der Waals surface area contributed by atoms with Gasteiger partial charge in [-0.05, 0) is 83.5 Å². The van der Waals surface area contributed by atoms with Gasteiger partial charge >= 0.3 is 17.9 Å². The first-order chi connectivity index (χ1) is 33.5. The third-order valence-electron chi connectivity index (χ3n) is 11.8. The lowest BCUT2D eigenvalue weighted by Crippen LogP contribution is -2.30. The minimum absolute atomic E-state index is 0.106. The Morgan fingerprint density at radius 3 is 0.985 bits per heavy atom. The van der Waals surface area contributed by atoms with Crippen molar-refractivity contribution >= 4 is 17.9 Å². The van der Waals surface area contributed by atoms with Gasteiger partial charge in [-0.25, -0.2) is 0 Å². The Labute approximate surface area is 419 Å². The van der Waals surface area contributed by atoms with Crippen molar-refractivity contribution in [1.82, 2.24) is 0 Å². The van der Waals surface area contributed by atoms with E-state index in [1.165, 1.54) is 109 Å². The standard InChI is InChI=1S/C62H104O6/c1-4-7-10-13-16-19-22-25-27-29-31-33-34-37-40-43-46-49-52-55-61(64)67-58-59(57-66-60(63)54-51-48-45-42-39-36-24-21-18-15-12-9-6-3)68-62(65)56-53-50-47-44-41-38-35-32-30-28-26-23-20-17-14-11-8-5-2/h7,9-10,12,16,18-19,21,25,27,31,33,36,39,45,48,59H,4-6,8,11,13-15,17,20,22-24,26,28-30,32,34-35,37-38,40-44,46-47,49-58H2,1-3H3/b10-7-,12-9-,19-16-,21-18-,27-25-,33-31-,39-36-,48-45-. The summed E-state index contributed by atoms with van der Waals surface area (Å²) in [6.45, 7) is 6.35. The van der Waals surface area contributed by atoms with Crippen molar-refractivity contribution < 1.29 is 28.6 Å². The summed E-state index contributed by atoms with van der Waals surface area (Å²) in [5.41, 5.74) is 0. The molecular formula is C62H104O6. The van der Waals surface area contributed by atoms with E-state index in [0.29, 0.717) is 19.3 Å². The summed E-state index contributed by atoms with van der Waals surface area (Å²) < 4.78 is 16.8. The van der Waals surface area contributed by atoms with E-state index in [-0.39, 0.29) is 37.5 Å². The van der Waals surface area contributed by atoms with Gasteiger partial charge in [-0.15, -0.1) is 0 Å². The van der Waals surface area contributed by atoms with Crippen molar-refractivity contribution in [2.45, 2.75) is 264 Å². The minimum atomic E-state index is -0.812. The Morgan fingerprint density at radius 1 is 0.309 bits per heavy atom. The van der Waals surface area contributed by atoms with Gasteiger partial charge in [0.15, 0.2) is 6.10 Å². The lowest BCUT2D eigenvalue weighted by molar-refractivity contribution is -0.166. The predicted molar refractivity (Wildman–Crippen MR) is 293 cm³/mol. The highest BCUT2D eigenvalue weighted by atomic mass is 16.6. The molecule has 0 aromatic carbocycles. The number of hydrogen-bond acceptors (Lipinski definition) is 6. The molecular weight excluding hydrogens is 841 g/mol. The molecule has 1 atom stereocenters. The zero-order valence-corrected chi connectivity index (χ0v) is 44.3. The molecule has 0 rings (SSSR count). The van der Waals surface area contributed by atoms with Crippen molar-refractivity contribution in [2.24, 2.45) is 0 Å². The molecule has 1 unspecified atom stereocenters. The molecule has 0 fully saturated rings. The number of unbranched alkanes of at least 4 members (excludes halogenated alkanes) is 23. The molecule has 0 heterocycles. The molecule has 0 aliphatic heterocycles. The second-order valence-corrected chi connectivity index (χ2v) is 18.4. The SMILES string of the molecule is CC/C=C\C/C=C\C/C=C\C/C=C\CCCCCCCCC(=O)OCC(COC(=O)CC/C=C\C/C=C\C/C=C\C/C=C\CC)OC(=O)CCCCCCCCCCCCCCCCCCCC. The summed E-state index contributed by atoms with van der Waals surface area (Å²) in [6.07, 6.45) is 74.1. The summed E-state index contributed by atoms with van der Waals surface area (Å²) in [5, 5.41) is 0. The molecule has 0 saturated heterocycles. The number of ether oxygens (including phenoxy) is 3. The van der Waals surface area contributed by atoms with Crippen molar-refractivity contribution in [1.29, 1.82) is 0 Å². The van der Waals surface area contributed by atoms with Gasteiger partial charge in [0.2, 0.25) is 0 Å². The minimum Gasteiger partial charge on any atom is -0.462 e. The van der Waals surface area contributed by atoms with Crippen LogP contribution in [0.15, 0.2) is 97.2 Å². The van der Waals surface area contributed by atoms with Gasteiger partial charge in [-0.2, -0.15) is 0 Å². The lowest BCUT2D eigenvalue weighted by atomic mass is 10.0. The second-order valence-electron chi connectivity index (χ2n) is 18.4. The molecule has 0 N–H and O–H groups in total. The van der Waals surface area contributed by atoms with Crippen LogP contribution in [0.1, 0.15) is 258 Å². The van der Waals surface area contributed by atoms with Gasteiger partial charge in [-0.3, -0.25) is 14.4 Å². The van der Waals surface area contributed by atoms with Crippen LogP contribution in [0.25, 0.3) is 0 Å². The van der Waals surface area contributed by atoms with Gasteiger partial charge in [-0.1, -0.05) is 253 Å². The van der Waals surface area contributed by atoms with Crippen LogP contribution in [-0.4, -0.2) is 37.2 Å². The third kappa shape index (κ3) is 53.3. The van der Waals surface area contributed by atoms with Gasteiger partial charge in [0.25, 0.3) is 0 Å². The van der Waals surface area contributed by atoms with Crippen LogP contribution in [0.4, 0.5) is 0 Å². The Bertz CT molecular complexity index is 1360. The molecule has 0 spiro atoms. The van der Waals surface area contributed by atoms with E-state index in [2.05, 4.69) is 112 Å². The first-order valence-electron chi connectivity index (χ1n) is 28.2. The van der Waals surface area contributed by atoms with Crippen LogP contribution in [-0.2, 0) is 28.6 Å². The summed E-state index contributed by atoms with van der Waals surface area (Å²) in [6, 6.07) is 0. The van der Waals surface area contributed by atoms with Crippen molar-refractivity contribution in [3.05, 3.63) is 97.2 Å². The molecule has 0 aliphatic rings. The quantitative estimate of drug-likeness (QED) is 0.0262. The number of carbonyl (C=O) groups is 3. The fourth-order valence-corrected chi connectivity index (χ4v) is 7.68. The smallest absolute Gasteiger partial charge is 0.306 e. The molecule has 0 bridgehead atoms. The molecule has 0 aromatic heterocycles. The number of allylic oxidation sites excluding steroid dienone is 16. The molecule has 0 amide bonds. The molecule has 0 radical (unpaired) electrons. The summed E-state index contributed by atoms with van der Waals surface area (Å²) in [5.74, 6) is -0.998. The largest absolute Gasteiger partial charge is 0.462 e. The van der Waals surface area contributed by atoms with Crippen LogP contribution >= 0.6 is 0 Å². The second kappa shape index (κ2) is 55.9. The fraction of sp³-hybridized carbons (Fsp3) is 0.694. The van der Waals surface area contributed by atoms with E-state index in [1.807, 2.05) is 6.08 Å². The van der Waals surface area contributed by atoms with Crippen molar-refractivity contribution in [3.8, 4) is 0 Å². The third-order valence-corrected chi connectivity index (χ3v) is 11.8. The summed E-state index contributed by atoms with van der Waals surface area (Å²) in [4.78, 5) is 38.1. The maximum absolute atomic E-state index is 12.8. The van der Waals surface area contributed by atoms with Crippen LogP contribution in [0.2, 0.25) is 0 Å². The molecule has 388 valence electrons. The van der Waals surface area contributed by atoms with Crippen LogP contribution in [0.3, 0.4) is 0 Å². The number of esters is 3. The number of rotatable bonds is 50. The van der Waals surface area contributed by atoms with Crippen molar-refractivity contribution in [3.63, 3.8) is 0 Å². The molecule has 0 saturated carbocycles. The van der Waals surface area contributed by atoms with E-state index < -0.39 is 6.10 Å². The molecule has 68 heavy (non-hydrogen) atoms. The molecule has 0 aliphatic carbocycles. The van der Waals surface area contributed by atoms with E-state index in [1.54, 1.807) is 0 Å². The summed E-state index contributed by atoms with van der Waals surface area (Å²) in [7, 11) is 0. The Balaban J connectivity index is 4.44. The fourth-order valence-electron chi connectivity index (χ4n) is 7.68. The Hall–Kier alpha value is -3.67. The topological polar surface area (TPSA) is 78.9 Å².